The number of esters is 2. The van der Waals surface area contributed by atoms with E-state index in [0.29, 0.717) is 25.7 Å². The summed E-state index contributed by atoms with van der Waals surface area (Å²) in [7, 11) is 0. The van der Waals surface area contributed by atoms with Crippen LogP contribution < -0.4 is 10.9 Å². The molecule has 1 aromatic heterocycles. The van der Waals surface area contributed by atoms with Crippen LogP contribution in [-0.2, 0) is 31.1 Å². The highest BCUT2D eigenvalue weighted by molar-refractivity contribution is 5.88. The van der Waals surface area contributed by atoms with Gasteiger partial charge in [-0.05, 0) is 44.4 Å². The molecule has 14 heteroatoms. The van der Waals surface area contributed by atoms with Gasteiger partial charge in [0.05, 0.1) is 0 Å². The van der Waals surface area contributed by atoms with Gasteiger partial charge in [0.25, 0.3) is 5.56 Å². The number of halogens is 3. The van der Waals surface area contributed by atoms with Crippen molar-refractivity contribution in [1.29, 1.82) is 5.26 Å². The quantitative estimate of drug-likeness (QED) is 0.553. The van der Waals surface area contributed by atoms with Crippen LogP contribution in [0.4, 0.5) is 18.0 Å². The highest BCUT2D eigenvalue weighted by Crippen LogP contribution is 2.52. The molecule has 0 bridgehead atoms. The molecule has 5 rings (SSSR count). The molecular weight excluding hydrogens is 535 g/mol. The van der Waals surface area contributed by atoms with Crippen LogP contribution in [0.1, 0.15) is 76.2 Å². The molecule has 3 fully saturated rings. The van der Waals surface area contributed by atoms with E-state index in [1.165, 1.54) is 11.8 Å². The lowest BCUT2D eigenvalue weighted by molar-refractivity contribution is -0.196. The van der Waals surface area contributed by atoms with Gasteiger partial charge in [0.15, 0.2) is 11.5 Å². The lowest BCUT2D eigenvalue weighted by Crippen LogP contribution is -2.63. The fourth-order valence-electron chi connectivity index (χ4n) is 6.49. The average Bonchev–Trinajstić information content (AvgIpc) is 3.10. The van der Waals surface area contributed by atoms with Crippen molar-refractivity contribution in [2.24, 2.45) is 5.92 Å². The van der Waals surface area contributed by atoms with Crippen LogP contribution in [0.2, 0.25) is 0 Å². The molecule has 40 heavy (non-hydrogen) atoms. The van der Waals surface area contributed by atoms with Crippen LogP contribution in [0.25, 0.3) is 5.57 Å². The fourth-order valence-corrected chi connectivity index (χ4v) is 6.49. The number of nitriles is 1. The zero-order valence-corrected chi connectivity index (χ0v) is 21.8. The van der Waals surface area contributed by atoms with E-state index >= 15 is 0 Å². The Labute approximate surface area is 226 Å². The maximum atomic E-state index is 13.7. The SMILES string of the molecule is CC(=O)OC1CCC(N2C(=O)NCC(=O)OC23C(C2CCCCC2)=C(C#N)c2nc(C(F)(F)F)cc(=O)n23)CC1. The minimum Gasteiger partial charge on any atom is -0.463 e. The molecular formula is C26H28F3N5O6. The first-order chi connectivity index (χ1) is 19.0. The zero-order valence-electron chi connectivity index (χ0n) is 21.8. The molecule has 2 aliphatic carbocycles. The number of nitrogens with zero attached hydrogens (tertiary/aromatic N) is 4. The van der Waals surface area contributed by atoms with Gasteiger partial charge in [-0.1, -0.05) is 19.3 Å². The van der Waals surface area contributed by atoms with Gasteiger partial charge < -0.3 is 14.8 Å². The van der Waals surface area contributed by atoms with Crippen molar-refractivity contribution in [2.45, 2.75) is 88.9 Å². The third-order valence-corrected chi connectivity index (χ3v) is 8.01. The third-order valence-electron chi connectivity index (χ3n) is 8.01. The number of aromatic nitrogens is 2. The van der Waals surface area contributed by atoms with Crippen molar-refractivity contribution < 1.29 is 37.0 Å². The minimum absolute atomic E-state index is 0.103. The van der Waals surface area contributed by atoms with Crippen LogP contribution in [0.5, 0.6) is 0 Å². The van der Waals surface area contributed by atoms with Crippen molar-refractivity contribution in [3.8, 4) is 6.07 Å². The van der Waals surface area contributed by atoms with Gasteiger partial charge in [0.1, 0.15) is 24.3 Å². The Morgan fingerprint density at radius 1 is 1.15 bits per heavy atom. The molecule has 11 nitrogen and oxygen atoms in total. The number of carbonyl (C=O) groups is 3. The van der Waals surface area contributed by atoms with Gasteiger partial charge in [-0.3, -0.25) is 19.3 Å². The second kappa shape index (κ2) is 10.3. The first-order valence-corrected chi connectivity index (χ1v) is 13.3. The van der Waals surface area contributed by atoms with Gasteiger partial charge in [-0.25, -0.2) is 14.3 Å². The van der Waals surface area contributed by atoms with E-state index < -0.39 is 71.7 Å². The summed E-state index contributed by atoms with van der Waals surface area (Å²) >= 11 is 0. The summed E-state index contributed by atoms with van der Waals surface area (Å²) in [5.41, 5.74) is -2.91. The Bertz CT molecular complexity index is 1370. The Balaban J connectivity index is 1.75. The Kier molecular flexibility index (Phi) is 7.09. The molecule has 1 aromatic rings. The zero-order chi connectivity index (χ0) is 28.8. The number of hydrogen-bond acceptors (Lipinski definition) is 8. The summed E-state index contributed by atoms with van der Waals surface area (Å²) in [6.45, 7) is 0.745. The lowest BCUT2D eigenvalue weighted by Gasteiger charge is -2.47. The molecule has 3 heterocycles. The molecule has 0 radical (unpaired) electrons. The van der Waals surface area contributed by atoms with Crippen molar-refractivity contribution in [3.05, 3.63) is 33.5 Å². The summed E-state index contributed by atoms with van der Waals surface area (Å²) in [4.78, 5) is 56.6. The number of rotatable bonds is 3. The van der Waals surface area contributed by atoms with Gasteiger partial charge >= 0.3 is 30.0 Å². The minimum atomic E-state index is -4.98. The normalized spacial score (nSPS) is 27.5. The molecule has 2 amide bonds. The van der Waals surface area contributed by atoms with E-state index in [2.05, 4.69) is 10.3 Å². The number of allylic oxidation sites excluding steroid dienone is 1. The van der Waals surface area contributed by atoms with Crippen molar-refractivity contribution in [2.75, 3.05) is 6.54 Å². The molecule has 1 atom stereocenters. The smallest absolute Gasteiger partial charge is 0.433 e. The van der Waals surface area contributed by atoms with Crippen LogP contribution >= 0.6 is 0 Å². The summed E-state index contributed by atoms with van der Waals surface area (Å²) in [6.07, 6.45) is -0.699. The molecule has 1 N–H and O–H groups in total. The predicted octanol–water partition coefficient (Wildman–Crippen LogP) is 3.19. The van der Waals surface area contributed by atoms with Crippen LogP contribution in [-0.4, -0.2) is 51.1 Å². The topological polar surface area (TPSA) is 144 Å². The van der Waals surface area contributed by atoms with Gasteiger partial charge in [-0.2, -0.15) is 18.4 Å². The molecule has 1 saturated heterocycles. The van der Waals surface area contributed by atoms with Crippen molar-refractivity contribution in [1.82, 2.24) is 19.8 Å². The largest absolute Gasteiger partial charge is 0.463 e. The van der Waals surface area contributed by atoms with Crippen LogP contribution in [0, 0.1) is 17.2 Å². The summed E-state index contributed by atoms with van der Waals surface area (Å²) in [5, 5.41) is 12.8. The number of ether oxygens (including phenoxy) is 2. The Morgan fingerprint density at radius 2 is 1.82 bits per heavy atom. The summed E-state index contributed by atoms with van der Waals surface area (Å²) in [6, 6.07) is 0.777. The van der Waals surface area contributed by atoms with Crippen LogP contribution in [0.15, 0.2) is 16.4 Å². The maximum absolute atomic E-state index is 13.7. The third kappa shape index (κ3) is 4.61. The number of alkyl halides is 3. The Morgan fingerprint density at radius 3 is 2.42 bits per heavy atom. The molecule has 1 spiro atoms. The van der Waals surface area contributed by atoms with Gasteiger partial charge in [-0.15, -0.1) is 0 Å². The predicted molar refractivity (Wildman–Crippen MR) is 130 cm³/mol. The molecule has 4 aliphatic rings. The van der Waals surface area contributed by atoms with Crippen molar-refractivity contribution >= 4 is 23.5 Å². The number of nitrogens with one attached hydrogen (secondary N) is 1. The maximum Gasteiger partial charge on any atom is 0.433 e. The molecule has 1 unspecified atom stereocenters. The summed E-state index contributed by atoms with van der Waals surface area (Å²) in [5.74, 6) is -4.74. The number of amides is 2. The monoisotopic (exact) mass is 563 g/mol. The summed E-state index contributed by atoms with van der Waals surface area (Å²) < 4.78 is 53.2. The number of carbonyl (C=O) groups excluding carboxylic acids is 3. The average molecular weight is 564 g/mol. The van der Waals surface area contributed by atoms with E-state index in [9.17, 15) is 37.6 Å². The Hall–Kier alpha value is -3.89. The highest BCUT2D eigenvalue weighted by Gasteiger charge is 2.61. The van der Waals surface area contributed by atoms with E-state index in [1.54, 1.807) is 0 Å². The number of fused-ring (bicyclic) bond motifs is 2. The standard InChI is InChI=1S/C26H28F3N5O6/c1-14(35)39-17-9-7-16(8-10-17)33-24(38)31-13-21(37)40-26(33)22(15-5-3-2-4-6-15)18(12-30)23-32-19(25(27,28)29)11-20(36)34(23)26/h11,15-17H,2-10,13H2,1H3,(H,31,38). The van der Waals surface area contributed by atoms with Crippen LogP contribution in [0.3, 0.4) is 0 Å². The van der Waals surface area contributed by atoms with Crippen molar-refractivity contribution in [3.63, 3.8) is 0 Å². The molecule has 2 aliphatic heterocycles. The van der Waals surface area contributed by atoms with Gasteiger partial charge in [0, 0.05) is 24.6 Å². The number of urea groups is 1. The number of hydrogen-bond donors (Lipinski definition) is 1. The molecule has 2 saturated carbocycles. The second-order valence-corrected chi connectivity index (χ2v) is 10.5. The van der Waals surface area contributed by atoms with E-state index in [-0.39, 0.29) is 30.1 Å². The van der Waals surface area contributed by atoms with E-state index in [0.717, 1.165) is 23.8 Å². The van der Waals surface area contributed by atoms with E-state index in [1.807, 2.05) is 6.07 Å². The highest BCUT2D eigenvalue weighted by atomic mass is 19.4. The molecule has 0 aromatic carbocycles. The lowest BCUT2D eigenvalue weighted by atomic mass is 9.79. The molecule has 214 valence electrons. The van der Waals surface area contributed by atoms with E-state index in [4.69, 9.17) is 9.47 Å². The fraction of sp³-hybridized carbons (Fsp3) is 0.615. The second-order valence-electron chi connectivity index (χ2n) is 10.5. The van der Waals surface area contributed by atoms with Gasteiger partial charge in [0.2, 0.25) is 0 Å². The first kappa shape index (κ1) is 27.7. The first-order valence-electron chi connectivity index (χ1n) is 13.3.